The molecule has 0 rings (SSSR count). The predicted molar refractivity (Wildman–Crippen MR) is 95.7 cm³/mol. The number of alkyl halides is 1. The van der Waals surface area contributed by atoms with Gasteiger partial charge in [0.25, 0.3) is 0 Å². The molecule has 2 atom stereocenters. The van der Waals surface area contributed by atoms with Crippen LogP contribution in [-0.4, -0.2) is 61.5 Å². The number of esters is 2. The van der Waals surface area contributed by atoms with E-state index in [1.807, 2.05) is 6.92 Å². The van der Waals surface area contributed by atoms with E-state index in [-0.39, 0.29) is 31.9 Å². The lowest BCUT2D eigenvalue weighted by molar-refractivity contribution is -0.171. The molecule has 1 N–H and O–H groups in total. The summed E-state index contributed by atoms with van der Waals surface area (Å²) >= 11 is 5.93. The largest absolute Gasteiger partial charge is 0.464 e. The molecule has 0 aliphatic heterocycles. The minimum absolute atomic E-state index is 0.0520. The fraction of sp³-hybridized carbons (Fsp3) is 0.824. The molecule has 0 radical (unpaired) electrons. The number of amides is 1. The average Bonchev–Trinajstić information content (AvgIpc) is 2.57. The first kappa shape index (κ1) is 24.6. The maximum absolute atomic E-state index is 12.5. The molecule has 9 heteroatoms. The van der Waals surface area contributed by atoms with Crippen molar-refractivity contribution in [3.8, 4) is 0 Å². The van der Waals surface area contributed by atoms with Gasteiger partial charge in [0.15, 0.2) is 6.29 Å². The standard InChI is InChI=1S/C17H30ClNO7/c1-6-23-13(5)26-14(11-18)9-10-17(19-12(4)20,15(21)24-7-2)16(22)25-8-3/h13-14H,6-11H2,1-5H3,(H,19,20). The number of nitrogens with one attached hydrogen (secondary N) is 1. The zero-order chi connectivity index (χ0) is 20.2. The number of carbonyl (C=O) groups excluding carboxylic acids is 3. The fourth-order valence-corrected chi connectivity index (χ4v) is 2.59. The normalized spacial score (nSPS) is 13.6. The van der Waals surface area contributed by atoms with E-state index in [1.165, 1.54) is 6.92 Å². The van der Waals surface area contributed by atoms with Gasteiger partial charge in [-0.2, -0.15) is 0 Å². The van der Waals surface area contributed by atoms with Crippen LogP contribution in [0, 0.1) is 0 Å². The number of carbonyl (C=O) groups is 3. The summed E-state index contributed by atoms with van der Waals surface area (Å²) in [6.45, 7) is 8.55. The molecule has 26 heavy (non-hydrogen) atoms. The third-order valence-electron chi connectivity index (χ3n) is 3.44. The highest BCUT2D eigenvalue weighted by Crippen LogP contribution is 2.22. The molecule has 0 spiro atoms. The van der Waals surface area contributed by atoms with Crippen LogP contribution in [0.5, 0.6) is 0 Å². The fourth-order valence-electron chi connectivity index (χ4n) is 2.37. The zero-order valence-electron chi connectivity index (χ0n) is 16.1. The van der Waals surface area contributed by atoms with Crippen molar-refractivity contribution in [2.45, 2.75) is 65.4 Å². The van der Waals surface area contributed by atoms with Crippen LogP contribution in [-0.2, 0) is 33.3 Å². The Morgan fingerprint density at radius 3 is 1.96 bits per heavy atom. The Bertz CT molecular complexity index is 440. The van der Waals surface area contributed by atoms with E-state index in [2.05, 4.69) is 5.32 Å². The summed E-state index contributed by atoms with van der Waals surface area (Å²) in [7, 11) is 0. The molecular weight excluding hydrogens is 366 g/mol. The van der Waals surface area contributed by atoms with Crippen LogP contribution in [0.15, 0.2) is 0 Å². The van der Waals surface area contributed by atoms with Crippen molar-refractivity contribution in [1.29, 1.82) is 0 Å². The molecule has 0 aliphatic rings. The van der Waals surface area contributed by atoms with E-state index in [0.29, 0.717) is 6.61 Å². The monoisotopic (exact) mass is 395 g/mol. The van der Waals surface area contributed by atoms with Crippen LogP contribution in [0.1, 0.15) is 47.5 Å². The lowest BCUT2D eigenvalue weighted by atomic mass is 9.91. The van der Waals surface area contributed by atoms with Gasteiger partial charge in [0.05, 0.1) is 19.3 Å². The van der Waals surface area contributed by atoms with Crippen molar-refractivity contribution in [3.63, 3.8) is 0 Å². The second-order valence-electron chi connectivity index (χ2n) is 5.50. The van der Waals surface area contributed by atoms with Crippen LogP contribution in [0.2, 0.25) is 0 Å². The highest BCUT2D eigenvalue weighted by Gasteiger charge is 2.50. The smallest absolute Gasteiger partial charge is 0.343 e. The highest BCUT2D eigenvalue weighted by atomic mass is 35.5. The SMILES string of the molecule is CCOC(=O)C(CCC(CCl)OC(C)OCC)(NC(C)=O)C(=O)OCC. The number of rotatable bonds is 13. The van der Waals surface area contributed by atoms with Crippen molar-refractivity contribution in [3.05, 3.63) is 0 Å². The van der Waals surface area contributed by atoms with E-state index < -0.39 is 35.8 Å². The minimum atomic E-state index is -1.94. The number of hydrogen-bond donors (Lipinski definition) is 1. The molecular formula is C17H30ClNO7. The van der Waals surface area contributed by atoms with Crippen molar-refractivity contribution in [1.82, 2.24) is 5.32 Å². The van der Waals surface area contributed by atoms with Crippen molar-refractivity contribution < 1.29 is 33.3 Å². The molecule has 1 amide bonds. The molecule has 0 fully saturated rings. The Kier molecular flexibility index (Phi) is 12.2. The zero-order valence-corrected chi connectivity index (χ0v) is 16.9. The summed E-state index contributed by atoms with van der Waals surface area (Å²) < 4.78 is 21.0. The summed E-state index contributed by atoms with van der Waals surface area (Å²) in [5, 5.41) is 2.40. The first-order valence-electron chi connectivity index (χ1n) is 8.73. The maximum atomic E-state index is 12.5. The van der Waals surface area contributed by atoms with Crippen LogP contribution < -0.4 is 5.32 Å². The summed E-state index contributed by atoms with van der Waals surface area (Å²) in [6, 6.07) is 0. The van der Waals surface area contributed by atoms with E-state index in [0.717, 1.165) is 0 Å². The van der Waals surface area contributed by atoms with Gasteiger partial charge in [-0.1, -0.05) is 0 Å². The second-order valence-corrected chi connectivity index (χ2v) is 5.81. The Hall–Kier alpha value is -1.38. The number of ether oxygens (including phenoxy) is 4. The van der Waals surface area contributed by atoms with Crippen LogP contribution in [0.4, 0.5) is 0 Å². The Morgan fingerprint density at radius 2 is 1.58 bits per heavy atom. The van der Waals surface area contributed by atoms with Gasteiger partial charge in [-0.15, -0.1) is 11.6 Å². The van der Waals surface area contributed by atoms with Gasteiger partial charge in [0.2, 0.25) is 11.4 Å². The molecule has 0 aromatic carbocycles. The first-order valence-corrected chi connectivity index (χ1v) is 9.26. The minimum Gasteiger partial charge on any atom is -0.464 e. The molecule has 152 valence electrons. The molecule has 2 unspecified atom stereocenters. The van der Waals surface area contributed by atoms with Gasteiger partial charge in [0, 0.05) is 19.4 Å². The van der Waals surface area contributed by atoms with Gasteiger partial charge in [-0.3, -0.25) is 4.79 Å². The van der Waals surface area contributed by atoms with Crippen LogP contribution in [0.25, 0.3) is 0 Å². The molecule has 0 heterocycles. The molecule has 0 saturated carbocycles. The lowest BCUT2D eigenvalue weighted by Crippen LogP contribution is -2.61. The summed E-state index contributed by atoms with van der Waals surface area (Å²) in [4.78, 5) is 36.7. The molecule has 0 bridgehead atoms. The van der Waals surface area contributed by atoms with Crippen molar-refractivity contribution >= 4 is 29.4 Å². The molecule has 0 aromatic rings. The van der Waals surface area contributed by atoms with Gasteiger partial charge in [-0.05, 0) is 40.5 Å². The number of hydrogen-bond acceptors (Lipinski definition) is 7. The quantitative estimate of drug-likeness (QED) is 0.219. The summed E-state index contributed by atoms with van der Waals surface area (Å²) in [6.07, 6.45) is -0.862. The average molecular weight is 396 g/mol. The van der Waals surface area contributed by atoms with Crippen molar-refractivity contribution in [2.24, 2.45) is 0 Å². The Morgan fingerprint density at radius 1 is 1.04 bits per heavy atom. The molecule has 0 aromatic heterocycles. The third kappa shape index (κ3) is 7.88. The Labute approximate surface area is 159 Å². The molecule has 0 saturated heterocycles. The van der Waals surface area contributed by atoms with Gasteiger partial charge < -0.3 is 24.3 Å². The second kappa shape index (κ2) is 12.9. The molecule has 0 aliphatic carbocycles. The van der Waals surface area contributed by atoms with Crippen LogP contribution >= 0.6 is 11.6 Å². The maximum Gasteiger partial charge on any atom is 0.343 e. The highest BCUT2D eigenvalue weighted by molar-refractivity contribution is 6.18. The van der Waals surface area contributed by atoms with E-state index in [9.17, 15) is 14.4 Å². The van der Waals surface area contributed by atoms with Crippen molar-refractivity contribution in [2.75, 3.05) is 25.7 Å². The van der Waals surface area contributed by atoms with Crippen LogP contribution in [0.3, 0.4) is 0 Å². The van der Waals surface area contributed by atoms with Gasteiger partial charge in [0.1, 0.15) is 0 Å². The lowest BCUT2D eigenvalue weighted by Gasteiger charge is -2.31. The first-order chi connectivity index (χ1) is 12.3. The topological polar surface area (TPSA) is 100 Å². The van der Waals surface area contributed by atoms with E-state index in [1.54, 1.807) is 20.8 Å². The predicted octanol–water partition coefficient (Wildman–Crippen LogP) is 1.77. The molecule has 8 nitrogen and oxygen atoms in total. The Balaban J connectivity index is 5.43. The van der Waals surface area contributed by atoms with E-state index in [4.69, 9.17) is 30.5 Å². The number of halogens is 1. The summed E-state index contributed by atoms with van der Waals surface area (Å²) in [5.74, 6) is -2.18. The third-order valence-corrected chi connectivity index (χ3v) is 3.78. The van der Waals surface area contributed by atoms with E-state index >= 15 is 0 Å². The van der Waals surface area contributed by atoms with Gasteiger partial charge in [-0.25, -0.2) is 9.59 Å². The summed E-state index contributed by atoms with van der Waals surface area (Å²) in [5.41, 5.74) is -1.94. The van der Waals surface area contributed by atoms with Gasteiger partial charge >= 0.3 is 11.9 Å².